The molecule has 1 atom stereocenters. The monoisotopic (exact) mass is 374 g/mol. The van der Waals surface area contributed by atoms with E-state index in [1.807, 2.05) is 31.2 Å². The lowest BCUT2D eigenvalue weighted by Crippen LogP contribution is -2.47. The van der Waals surface area contributed by atoms with Gasteiger partial charge in [0, 0.05) is 44.0 Å². The predicted molar refractivity (Wildman–Crippen MR) is 100 cm³/mol. The SMILES string of the molecule is CCCN1C(=O)[C@H](NC(=O)C(=O)NCCN2CCOCC2)c2ccccc21. The van der Waals surface area contributed by atoms with Crippen molar-refractivity contribution in [2.45, 2.75) is 19.4 Å². The van der Waals surface area contributed by atoms with Crippen molar-refractivity contribution in [1.82, 2.24) is 15.5 Å². The Morgan fingerprint density at radius 2 is 1.89 bits per heavy atom. The minimum absolute atomic E-state index is 0.201. The van der Waals surface area contributed by atoms with Crippen LogP contribution in [0.2, 0.25) is 0 Å². The number of hydrogen-bond donors (Lipinski definition) is 2. The van der Waals surface area contributed by atoms with Gasteiger partial charge in [-0.2, -0.15) is 0 Å². The minimum Gasteiger partial charge on any atom is -0.379 e. The summed E-state index contributed by atoms with van der Waals surface area (Å²) in [6, 6.07) is 6.53. The summed E-state index contributed by atoms with van der Waals surface area (Å²) in [5.41, 5.74) is 1.52. The van der Waals surface area contributed by atoms with E-state index >= 15 is 0 Å². The molecular weight excluding hydrogens is 348 g/mol. The number of anilines is 1. The Balaban J connectivity index is 1.55. The highest BCUT2D eigenvalue weighted by Crippen LogP contribution is 2.35. The number of hydrogen-bond acceptors (Lipinski definition) is 5. The first-order chi connectivity index (χ1) is 13.1. The summed E-state index contributed by atoms with van der Waals surface area (Å²) in [6.45, 7) is 6.63. The number of amides is 3. The van der Waals surface area contributed by atoms with Gasteiger partial charge in [-0.25, -0.2) is 0 Å². The molecule has 0 saturated carbocycles. The fourth-order valence-corrected chi connectivity index (χ4v) is 3.41. The number of ether oxygens (including phenoxy) is 1. The van der Waals surface area contributed by atoms with E-state index in [1.54, 1.807) is 4.90 Å². The van der Waals surface area contributed by atoms with Crippen LogP contribution in [-0.2, 0) is 19.1 Å². The summed E-state index contributed by atoms with van der Waals surface area (Å²) in [6.07, 6.45) is 0.808. The number of carbonyl (C=O) groups is 3. The minimum atomic E-state index is -0.815. The number of morpholine rings is 1. The van der Waals surface area contributed by atoms with Crippen molar-refractivity contribution in [3.63, 3.8) is 0 Å². The highest BCUT2D eigenvalue weighted by Gasteiger charge is 2.38. The van der Waals surface area contributed by atoms with Gasteiger partial charge in [0.1, 0.15) is 6.04 Å². The first-order valence-corrected chi connectivity index (χ1v) is 9.41. The molecule has 3 rings (SSSR count). The first kappa shape index (κ1) is 19.3. The molecule has 146 valence electrons. The molecule has 2 aliphatic heterocycles. The molecule has 1 fully saturated rings. The van der Waals surface area contributed by atoms with Crippen LogP contribution in [0, 0.1) is 0 Å². The quantitative estimate of drug-likeness (QED) is 0.687. The molecule has 1 saturated heterocycles. The van der Waals surface area contributed by atoms with E-state index in [2.05, 4.69) is 15.5 Å². The summed E-state index contributed by atoms with van der Waals surface area (Å²) in [5, 5.41) is 5.21. The van der Waals surface area contributed by atoms with Crippen LogP contribution in [0.3, 0.4) is 0 Å². The molecule has 0 spiro atoms. The fourth-order valence-electron chi connectivity index (χ4n) is 3.41. The van der Waals surface area contributed by atoms with Crippen molar-refractivity contribution in [1.29, 1.82) is 0 Å². The van der Waals surface area contributed by atoms with Crippen LogP contribution in [0.5, 0.6) is 0 Å². The van der Waals surface area contributed by atoms with Crippen LogP contribution in [0.25, 0.3) is 0 Å². The van der Waals surface area contributed by atoms with E-state index in [1.165, 1.54) is 0 Å². The van der Waals surface area contributed by atoms with Gasteiger partial charge >= 0.3 is 11.8 Å². The topological polar surface area (TPSA) is 91.0 Å². The van der Waals surface area contributed by atoms with Crippen molar-refractivity contribution < 1.29 is 19.1 Å². The van der Waals surface area contributed by atoms with Gasteiger partial charge in [0.25, 0.3) is 5.91 Å². The van der Waals surface area contributed by atoms with Crippen LogP contribution >= 0.6 is 0 Å². The van der Waals surface area contributed by atoms with Crippen LogP contribution in [0.4, 0.5) is 5.69 Å². The van der Waals surface area contributed by atoms with E-state index in [9.17, 15) is 14.4 Å². The molecule has 3 amide bonds. The van der Waals surface area contributed by atoms with Crippen LogP contribution in [0.15, 0.2) is 24.3 Å². The van der Waals surface area contributed by atoms with Crippen molar-refractivity contribution >= 4 is 23.4 Å². The zero-order valence-corrected chi connectivity index (χ0v) is 15.6. The number of nitrogens with one attached hydrogen (secondary N) is 2. The Morgan fingerprint density at radius 3 is 2.63 bits per heavy atom. The molecule has 2 aliphatic rings. The Morgan fingerprint density at radius 1 is 1.15 bits per heavy atom. The van der Waals surface area contributed by atoms with Crippen LogP contribution in [0.1, 0.15) is 24.9 Å². The lowest BCUT2D eigenvalue weighted by atomic mass is 10.1. The van der Waals surface area contributed by atoms with Gasteiger partial charge in [0.2, 0.25) is 0 Å². The maximum Gasteiger partial charge on any atom is 0.310 e. The van der Waals surface area contributed by atoms with Gasteiger partial charge in [-0.05, 0) is 12.5 Å². The Hall–Kier alpha value is -2.45. The Kier molecular flexibility index (Phi) is 6.41. The predicted octanol–water partition coefficient (Wildman–Crippen LogP) is 0.0489. The van der Waals surface area contributed by atoms with Gasteiger partial charge < -0.3 is 20.3 Å². The number of carbonyl (C=O) groups excluding carboxylic acids is 3. The van der Waals surface area contributed by atoms with E-state index in [0.717, 1.165) is 30.8 Å². The summed E-state index contributed by atoms with van der Waals surface area (Å²) >= 11 is 0. The lowest BCUT2D eigenvalue weighted by molar-refractivity contribution is -0.140. The average molecular weight is 374 g/mol. The van der Waals surface area contributed by atoms with E-state index in [4.69, 9.17) is 4.74 Å². The van der Waals surface area contributed by atoms with E-state index in [-0.39, 0.29) is 5.91 Å². The molecule has 27 heavy (non-hydrogen) atoms. The second-order valence-corrected chi connectivity index (χ2v) is 6.67. The molecule has 0 unspecified atom stereocenters. The maximum absolute atomic E-state index is 12.7. The van der Waals surface area contributed by atoms with Crippen molar-refractivity contribution in [2.24, 2.45) is 0 Å². The van der Waals surface area contributed by atoms with Crippen LogP contribution < -0.4 is 15.5 Å². The molecule has 8 heteroatoms. The maximum atomic E-state index is 12.7. The summed E-state index contributed by atoms with van der Waals surface area (Å²) in [7, 11) is 0. The highest BCUT2D eigenvalue weighted by molar-refractivity contribution is 6.35. The highest BCUT2D eigenvalue weighted by atomic mass is 16.5. The largest absolute Gasteiger partial charge is 0.379 e. The molecule has 0 bridgehead atoms. The number of rotatable bonds is 6. The molecule has 8 nitrogen and oxygen atoms in total. The molecule has 2 N–H and O–H groups in total. The zero-order chi connectivity index (χ0) is 19.2. The smallest absolute Gasteiger partial charge is 0.310 e. The van der Waals surface area contributed by atoms with Gasteiger partial charge in [-0.15, -0.1) is 0 Å². The fraction of sp³-hybridized carbons (Fsp3) is 0.526. The molecule has 0 radical (unpaired) electrons. The van der Waals surface area contributed by atoms with E-state index in [0.29, 0.717) is 32.8 Å². The molecule has 1 aromatic carbocycles. The molecule has 0 aromatic heterocycles. The summed E-state index contributed by atoms with van der Waals surface area (Å²) < 4.78 is 5.28. The third kappa shape index (κ3) is 4.45. The summed E-state index contributed by atoms with van der Waals surface area (Å²) in [5.74, 6) is -1.71. The average Bonchev–Trinajstić information content (AvgIpc) is 2.95. The standard InChI is InChI=1S/C19H26N4O4/c1-2-8-23-15-6-4-3-5-14(15)16(19(23)26)21-18(25)17(24)20-7-9-22-10-12-27-13-11-22/h3-6,16H,2,7-13H2,1H3,(H,20,24)(H,21,25)/t16-/m1/s1. The Bertz CT molecular complexity index is 703. The number of nitrogens with zero attached hydrogens (tertiary/aromatic N) is 2. The van der Waals surface area contributed by atoms with Gasteiger partial charge in [-0.1, -0.05) is 25.1 Å². The molecule has 1 aromatic rings. The van der Waals surface area contributed by atoms with Crippen molar-refractivity contribution in [2.75, 3.05) is 50.8 Å². The van der Waals surface area contributed by atoms with E-state index < -0.39 is 17.9 Å². The third-order valence-electron chi connectivity index (χ3n) is 4.80. The van der Waals surface area contributed by atoms with Crippen LogP contribution in [-0.4, -0.2) is 68.6 Å². The lowest BCUT2D eigenvalue weighted by Gasteiger charge is -2.26. The normalized spacial score (nSPS) is 19.7. The molecular formula is C19H26N4O4. The number of para-hydroxylation sites is 1. The number of benzene rings is 1. The van der Waals surface area contributed by atoms with Crippen molar-refractivity contribution in [3.8, 4) is 0 Å². The van der Waals surface area contributed by atoms with Crippen molar-refractivity contribution in [3.05, 3.63) is 29.8 Å². The van der Waals surface area contributed by atoms with Gasteiger partial charge in [-0.3, -0.25) is 19.3 Å². The number of fused-ring (bicyclic) bond motifs is 1. The molecule has 0 aliphatic carbocycles. The third-order valence-corrected chi connectivity index (χ3v) is 4.80. The molecule has 2 heterocycles. The van der Waals surface area contributed by atoms with Gasteiger partial charge in [0.05, 0.1) is 13.2 Å². The first-order valence-electron chi connectivity index (χ1n) is 9.41. The Labute approximate surface area is 158 Å². The second-order valence-electron chi connectivity index (χ2n) is 6.67. The zero-order valence-electron chi connectivity index (χ0n) is 15.6. The second kappa shape index (κ2) is 8.96. The van der Waals surface area contributed by atoms with Gasteiger partial charge in [0.15, 0.2) is 0 Å². The summed E-state index contributed by atoms with van der Waals surface area (Å²) in [4.78, 5) is 40.9.